The summed E-state index contributed by atoms with van der Waals surface area (Å²) >= 11 is 0. The summed E-state index contributed by atoms with van der Waals surface area (Å²) in [6.07, 6.45) is 19.3. The maximum atomic E-state index is 13.4. The molecule has 0 radical (unpaired) electrons. The number of benzene rings is 6. The van der Waals surface area contributed by atoms with Crippen LogP contribution in [-0.4, -0.2) is 9.13 Å². The summed E-state index contributed by atoms with van der Waals surface area (Å²) < 4.78 is 4.30. The first-order valence-electron chi connectivity index (χ1n) is 24.0. The average molecular weight is 833 g/mol. The van der Waals surface area contributed by atoms with Crippen LogP contribution in [0.25, 0.3) is 54.7 Å². The van der Waals surface area contributed by atoms with E-state index in [9.17, 15) is 9.59 Å². The third-order valence-corrected chi connectivity index (χ3v) is 14.7. The van der Waals surface area contributed by atoms with Crippen LogP contribution in [0.2, 0.25) is 0 Å². The molecule has 0 N–H and O–H groups in total. The molecule has 0 saturated heterocycles. The lowest BCUT2D eigenvalue weighted by Gasteiger charge is -2.33. The minimum atomic E-state index is 0.0830. The Morgan fingerprint density at radius 3 is 1.22 bits per heavy atom. The summed E-state index contributed by atoms with van der Waals surface area (Å²) in [5, 5.41) is 3.26. The Labute approximate surface area is 373 Å². The van der Waals surface area contributed by atoms with E-state index in [4.69, 9.17) is 0 Å². The monoisotopic (exact) mass is 832 g/mol. The fraction of sp³-hybridized carbons (Fsp3) is 0.356. The minimum absolute atomic E-state index is 0.0830. The predicted molar refractivity (Wildman–Crippen MR) is 268 cm³/mol. The van der Waals surface area contributed by atoms with Crippen LogP contribution in [0.3, 0.4) is 0 Å². The zero-order valence-corrected chi connectivity index (χ0v) is 38.1. The Morgan fingerprint density at radius 1 is 0.397 bits per heavy atom. The summed E-state index contributed by atoms with van der Waals surface area (Å²) in [5.41, 5.74) is 15.7. The normalized spacial score (nSPS) is 13.1. The van der Waals surface area contributed by atoms with Crippen molar-refractivity contribution in [2.75, 3.05) is 0 Å². The van der Waals surface area contributed by atoms with Crippen LogP contribution in [0.1, 0.15) is 123 Å². The quantitative estimate of drug-likeness (QED) is 0.0638. The highest BCUT2D eigenvalue weighted by Gasteiger charge is 2.42. The van der Waals surface area contributed by atoms with Crippen LogP contribution < -0.4 is 10.9 Å². The highest BCUT2D eigenvalue weighted by atomic mass is 16.1. The van der Waals surface area contributed by atoms with E-state index < -0.39 is 0 Å². The number of rotatable bonds is 18. The van der Waals surface area contributed by atoms with Crippen molar-refractivity contribution in [3.8, 4) is 11.1 Å². The van der Waals surface area contributed by atoms with Gasteiger partial charge in [-0.3, -0.25) is 9.59 Å². The van der Waals surface area contributed by atoms with Gasteiger partial charge in [-0.2, -0.15) is 0 Å². The van der Waals surface area contributed by atoms with Crippen molar-refractivity contribution in [2.24, 2.45) is 14.1 Å². The second-order valence-electron chi connectivity index (χ2n) is 18.9. The number of nitrogens with zero attached hydrogens (tertiary/aromatic N) is 2. The van der Waals surface area contributed by atoms with Gasteiger partial charge in [0, 0.05) is 41.1 Å². The SMILES string of the molecule is Cc1ccc2c(c1)C(CCCCCCCCc1ccc3c(c1)c(=O)c1ccccc1n3C)(CCCCCCCCc1ccc3c(c1)c(=O)c1ccccc1n3C)c1cc(C)ccc1-2. The van der Waals surface area contributed by atoms with E-state index in [-0.39, 0.29) is 16.3 Å². The number of hydrogen-bond donors (Lipinski definition) is 0. The number of aromatic nitrogens is 2. The van der Waals surface area contributed by atoms with Gasteiger partial charge in [0.15, 0.2) is 10.9 Å². The van der Waals surface area contributed by atoms with Gasteiger partial charge in [-0.1, -0.05) is 148 Å². The first kappa shape index (κ1) is 42.6. The van der Waals surface area contributed by atoms with Crippen LogP contribution in [0.5, 0.6) is 0 Å². The lowest BCUT2D eigenvalue weighted by molar-refractivity contribution is 0.397. The van der Waals surface area contributed by atoms with Crippen LogP contribution in [0.15, 0.2) is 131 Å². The second-order valence-corrected chi connectivity index (χ2v) is 18.9. The molecule has 63 heavy (non-hydrogen) atoms. The van der Waals surface area contributed by atoms with Gasteiger partial charge in [-0.05, 0) is 134 Å². The summed E-state index contributed by atoms with van der Waals surface area (Å²) in [5.74, 6) is 0. The molecular formula is C59H64N2O2. The zero-order valence-electron chi connectivity index (χ0n) is 38.1. The van der Waals surface area contributed by atoms with Crippen molar-refractivity contribution in [3.63, 3.8) is 0 Å². The predicted octanol–water partition coefficient (Wildman–Crippen LogP) is 14.5. The number of unbranched alkanes of at least 4 members (excludes halogenated alkanes) is 10. The molecule has 1 aliphatic carbocycles. The van der Waals surface area contributed by atoms with E-state index >= 15 is 0 Å². The number of para-hydroxylation sites is 2. The topological polar surface area (TPSA) is 44.0 Å². The molecule has 0 fully saturated rings. The standard InChI is InChI=1S/C59H64N2O2/c1-41-27-31-45-46-32-28-42(2)38-52(46)59(51(45)37-41,35-19-11-7-5-9-13-21-43-29-33-55-49(39-43)57(62)47-23-15-17-25-53(47)60(55)3)36-20-12-8-6-10-14-22-44-30-34-56-50(40-44)58(63)48-24-16-18-26-54(48)61(56)4/h15-18,23-34,37-40H,5-14,19-22,35-36H2,1-4H3. The van der Waals surface area contributed by atoms with E-state index in [0.717, 1.165) is 69.3 Å². The molecule has 4 nitrogen and oxygen atoms in total. The molecule has 2 heterocycles. The summed E-state index contributed by atoms with van der Waals surface area (Å²) in [4.78, 5) is 26.7. The molecule has 4 heteroatoms. The molecule has 2 aromatic heterocycles. The Balaban J connectivity index is 0.778. The molecule has 9 rings (SSSR count). The number of fused-ring (bicyclic) bond motifs is 7. The van der Waals surface area contributed by atoms with E-state index in [1.807, 2.05) is 48.5 Å². The molecule has 1 aliphatic rings. The van der Waals surface area contributed by atoms with Gasteiger partial charge in [0.1, 0.15) is 0 Å². The fourth-order valence-corrected chi connectivity index (χ4v) is 11.2. The van der Waals surface area contributed by atoms with Crippen LogP contribution in [0.4, 0.5) is 0 Å². The third-order valence-electron chi connectivity index (χ3n) is 14.7. The molecule has 0 saturated carbocycles. The minimum Gasteiger partial charge on any atom is -0.343 e. The average Bonchev–Trinajstić information content (AvgIpc) is 3.56. The first-order valence-corrected chi connectivity index (χ1v) is 24.0. The van der Waals surface area contributed by atoms with Gasteiger partial charge in [0.2, 0.25) is 0 Å². The van der Waals surface area contributed by atoms with Crippen molar-refractivity contribution in [2.45, 2.75) is 122 Å². The number of aryl methyl sites for hydroxylation is 6. The highest BCUT2D eigenvalue weighted by molar-refractivity contribution is 5.94. The summed E-state index contributed by atoms with van der Waals surface area (Å²) in [6, 6.07) is 43.3. The number of hydrogen-bond acceptors (Lipinski definition) is 2. The lowest BCUT2D eigenvalue weighted by Crippen LogP contribution is -2.25. The zero-order chi connectivity index (χ0) is 43.5. The van der Waals surface area contributed by atoms with Gasteiger partial charge in [-0.25, -0.2) is 0 Å². The number of pyridine rings is 2. The maximum absolute atomic E-state index is 13.4. The fourth-order valence-electron chi connectivity index (χ4n) is 11.2. The molecule has 0 atom stereocenters. The molecule has 0 spiro atoms. The Hall–Kier alpha value is -5.74. The third kappa shape index (κ3) is 8.42. The van der Waals surface area contributed by atoms with Gasteiger partial charge in [0.25, 0.3) is 0 Å². The van der Waals surface area contributed by atoms with Crippen molar-refractivity contribution in [1.29, 1.82) is 0 Å². The van der Waals surface area contributed by atoms with Crippen molar-refractivity contribution in [1.82, 2.24) is 9.13 Å². The molecule has 0 bridgehead atoms. The van der Waals surface area contributed by atoms with Crippen molar-refractivity contribution in [3.05, 3.63) is 175 Å². The van der Waals surface area contributed by atoms with E-state index in [0.29, 0.717) is 0 Å². The van der Waals surface area contributed by atoms with E-state index in [1.165, 1.54) is 110 Å². The molecule has 322 valence electrons. The summed E-state index contributed by atoms with van der Waals surface area (Å²) in [7, 11) is 4.12. The smallest absolute Gasteiger partial charge is 0.197 e. The highest BCUT2D eigenvalue weighted by Crippen LogP contribution is 2.54. The largest absolute Gasteiger partial charge is 0.343 e. The van der Waals surface area contributed by atoms with Crippen LogP contribution in [0, 0.1) is 13.8 Å². The molecule has 0 amide bonds. The molecule has 0 unspecified atom stereocenters. The molecule has 6 aromatic carbocycles. The Kier molecular flexibility index (Phi) is 12.5. The van der Waals surface area contributed by atoms with E-state index in [2.05, 4.69) is 110 Å². The van der Waals surface area contributed by atoms with Gasteiger partial charge < -0.3 is 9.13 Å². The van der Waals surface area contributed by atoms with Gasteiger partial charge in [0.05, 0.1) is 22.1 Å². The van der Waals surface area contributed by atoms with Gasteiger partial charge >= 0.3 is 0 Å². The molecular weight excluding hydrogens is 769 g/mol. The lowest BCUT2D eigenvalue weighted by atomic mass is 9.70. The van der Waals surface area contributed by atoms with Gasteiger partial charge in [-0.15, -0.1) is 0 Å². The van der Waals surface area contributed by atoms with Crippen molar-refractivity contribution < 1.29 is 0 Å². The van der Waals surface area contributed by atoms with E-state index in [1.54, 1.807) is 11.1 Å². The second kappa shape index (κ2) is 18.5. The van der Waals surface area contributed by atoms with Crippen LogP contribution in [-0.2, 0) is 32.4 Å². The Bertz CT molecular complexity index is 2870. The first-order chi connectivity index (χ1) is 30.7. The van der Waals surface area contributed by atoms with Crippen molar-refractivity contribution >= 4 is 43.6 Å². The maximum Gasteiger partial charge on any atom is 0.197 e. The molecule has 8 aromatic rings. The van der Waals surface area contributed by atoms with Crippen LogP contribution >= 0.6 is 0 Å². The summed E-state index contributed by atoms with van der Waals surface area (Å²) in [6.45, 7) is 4.52. The molecule has 0 aliphatic heterocycles. The Morgan fingerprint density at radius 2 is 0.778 bits per heavy atom.